The molecule has 172 valence electrons. The van der Waals surface area contributed by atoms with Crippen molar-refractivity contribution in [1.29, 1.82) is 0 Å². The molecule has 2 aromatic heterocycles. The summed E-state index contributed by atoms with van der Waals surface area (Å²) >= 11 is 5.76. The van der Waals surface area contributed by atoms with Gasteiger partial charge in [0.05, 0.1) is 24.9 Å². The van der Waals surface area contributed by atoms with E-state index in [4.69, 9.17) is 17.0 Å². The van der Waals surface area contributed by atoms with Crippen molar-refractivity contribution in [3.05, 3.63) is 82.9 Å². The van der Waals surface area contributed by atoms with E-state index in [-0.39, 0.29) is 18.1 Å². The molecule has 6 nitrogen and oxygen atoms in total. The normalized spacial score (nSPS) is 17.8. The van der Waals surface area contributed by atoms with Gasteiger partial charge in [0, 0.05) is 36.2 Å². The first-order valence-electron chi connectivity index (χ1n) is 11.2. The second-order valence-electron chi connectivity index (χ2n) is 8.50. The van der Waals surface area contributed by atoms with Gasteiger partial charge in [-0.3, -0.25) is 9.78 Å². The fourth-order valence-electron chi connectivity index (χ4n) is 4.73. The first-order chi connectivity index (χ1) is 15.9. The highest BCUT2D eigenvalue weighted by atomic mass is 32.1. The van der Waals surface area contributed by atoms with Gasteiger partial charge in [-0.25, -0.2) is 0 Å². The predicted octanol–water partition coefficient (Wildman–Crippen LogP) is 4.72. The summed E-state index contributed by atoms with van der Waals surface area (Å²) in [6.45, 7) is 7.06. The van der Waals surface area contributed by atoms with Crippen molar-refractivity contribution in [3.63, 3.8) is 0 Å². The average Bonchev–Trinajstić information content (AvgIpc) is 3.29. The van der Waals surface area contributed by atoms with Crippen molar-refractivity contribution in [2.75, 3.05) is 13.7 Å². The van der Waals surface area contributed by atoms with E-state index in [9.17, 15) is 4.79 Å². The molecule has 3 heterocycles. The highest BCUT2D eigenvalue weighted by molar-refractivity contribution is 7.80. The maximum Gasteiger partial charge on any atom is 0.305 e. The molecule has 1 fully saturated rings. The highest BCUT2D eigenvalue weighted by Gasteiger charge is 2.41. The van der Waals surface area contributed by atoms with E-state index in [0.29, 0.717) is 24.5 Å². The number of rotatable bonds is 7. The summed E-state index contributed by atoms with van der Waals surface area (Å²) in [6, 6.07) is 16.6. The monoisotopic (exact) mass is 462 g/mol. The highest BCUT2D eigenvalue weighted by Crippen LogP contribution is 2.41. The number of aromatic nitrogens is 2. The number of carbonyl (C=O) groups is 1. The molecule has 0 amide bonds. The number of benzene rings is 1. The van der Waals surface area contributed by atoms with Crippen LogP contribution < -0.4 is 5.32 Å². The fourth-order valence-corrected chi connectivity index (χ4v) is 5.06. The Balaban J connectivity index is 1.75. The first kappa shape index (κ1) is 23.0. The number of nitrogens with zero attached hydrogens (tertiary/aromatic N) is 3. The molecule has 1 saturated heterocycles. The summed E-state index contributed by atoms with van der Waals surface area (Å²) in [5.41, 5.74) is 6.86. The second kappa shape index (κ2) is 9.75. The molecule has 0 bridgehead atoms. The van der Waals surface area contributed by atoms with Crippen LogP contribution in [0, 0.1) is 20.8 Å². The minimum absolute atomic E-state index is 0.0326. The number of thiocarbonyl (C=S) groups is 1. The van der Waals surface area contributed by atoms with Crippen LogP contribution in [0.5, 0.6) is 0 Å². The number of carbonyl (C=O) groups excluding carboxylic acids is 1. The molecule has 0 spiro atoms. The first-order valence-corrected chi connectivity index (χ1v) is 11.6. The summed E-state index contributed by atoms with van der Waals surface area (Å²) < 4.78 is 7.12. The van der Waals surface area contributed by atoms with Crippen LogP contribution >= 0.6 is 12.2 Å². The number of nitrogens with one attached hydrogen (secondary N) is 1. The lowest BCUT2D eigenvalue weighted by atomic mass is 9.96. The number of pyridine rings is 1. The summed E-state index contributed by atoms with van der Waals surface area (Å²) in [5, 5.41) is 4.18. The van der Waals surface area contributed by atoms with Crippen LogP contribution in [0.25, 0.3) is 5.69 Å². The zero-order chi connectivity index (χ0) is 23.5. The Kier molecular flexibility index (Phi) is 6.79. The van der Waals surface area contributed by atoms with E-state index in [1.807, 2.05) is 24.4 Å². The van der Waals surface area contributed by atoms with E-state index < -0.39 is 0 Å². The Morgan fingerprint density at radius 2 is 1.97 bits per heavy atom. The molecule has 0 radical (unpaired) electrons. The number of esters is 1. The zero-order valence-electron chi connectivity index (χ0n) is 19.5. The van der Waals surface area contributed by atoms with Gasteiger partial charge in [0.25, 0.3) is 0 Å². The number of methoxy groups -OCH3 is 1. The van der Waals surface area contributed by atoms with Crippen LogP contribution in [0.2, 0.25) is 0 Å². The molecule has 33 heavy (non-hydrogen) atoms. The lowest BCUT2D eigenvalue weighted by molar-refractivity contribution is -0.140. The van der Waals surface area contributed by atoms with Gasteiger partial charge in [-0.1, -0.05) is 18.2 Å². The summed E-state index contributed by atoms with van der Waals surface area (Å²) in [6.07, 6.45) is 2.84. The van der Waals surface area contributed by atoms with Crippen molar-refractivity contribution in [2.45, 2.75) is 45.7 Å². The summed E-state index contributed by atoms with van der Waals surface area (Å²) in [5.74, 6) is -0.205. The van der Waals surface area contributed by atoms with Gasteiger partial charge in [-0.15, -0.1) is 0 Å². The van der Waals surface area contributed by atoms with Gasteiger partial charge in [0.15, 0.2) is 5.11 Å². The van der Waals surface area contributed by atoms with Crippen LogP contribution in [0.4, 0.5) is 0 Å². The molecular weight excluding hydrogens is 432 g/mol. The maximum atomic E-state index is 11.7. The number of ether oxygens (including phenoxy) is 1. The van der Waals surface area contributed by atoms with Crippen LogP contribution in [-0.2, 0) is 9.53 Å². The van der Waals surface area contributed by atoms with E-state index in [1.54, 1.807) is 0 Å². The minimum atomic E-state index is -0.205. The average molecular weight is 463 g/mol. The Morgan fingerprint density at radius 1 is 1.15 bits per heavy atom. The lowest BCUT2D eigenvalue weighted by Gasteiger charge is -2.28. The van der Waals surface area contributed by atoms with E-state index in [1.165, 1.54) is 29.6 Å². The number of hydrogen-bond donors (Lipinski definition) is 1. The Hall–Kier alpha value is -3.19. The maximum absolute atomic E-state index is 11.7. The van der Waals surface area contributed by atoms with Crippen molar-refractivity contribution in [2.24, 2.45) is 0 Å². The largest absolute Gasteiger partial charge is 0.469 e. The SMILES string of the molecule is COC(=O)CCCN1C(=S)N[C@H](c2ccccn2)[C@@H]1c1cc(C)n(-c2cccc(C)c2)c1C. The molecular formula is C26H30N4O2S. The number of hydrogen-bond acceptors (Lipinski definition) is 4. The van der Waals surface area contributed by atoms with Gasteiger partial charge in [0.1, 0.15) is 0 Å². The van der Waals surface area contributed by atoms with E-state index in [0.717, 1.165) is 11.4 Å². The van der Waals surface area contributed by atoms with Crippen molar-refractivity contribution in [3.8, 4) is 5.69 Å². The molecule has 0 unspecified atom stereocenters. The third-order valence-electron chi connectivity index (χ3n) is 6.25. The van der Waals surface area contributed by atoms with Gasteiger partial charge in [-0.05, 0) is 80.9 Å². The molecule has 4 rings (SSSR count). The van der Waals surface area contributed by atoms with Gasteiger partial charge >= 0.3 is 5.97 Å². The summed E-state index contributed by atoms with van der Waals surface area (Å²) in [4.78, 5) is 18.5. The quantitative estimate of drug-likeness (QED) is 0.405. The van der Waals surface area contributed by atoms with Crippen LogP contribution in [0.1, 0.15) is 53.1 Å². The third kappa shape index (κ3) is 4.64. The molecule has 1 aromatic carbocycles. The molecule has 3 aromatic rings. The Bertz CT molecular complexity index is 1160. The predicted molar refractivity (Wildman–Crippen MR) is 133 cm³/mol. The molecule has 0 saturated carbocycles. The van der Waals surface area contributed by atoms with Gasteiger partial charge < -0.3 is 19.5 Å². The topological polar surface area (TPSA) is 59.4 Å². The fraction of sp³-hybridized carbons (Fsp3) is 0.346. The second-order valence-corrected chi connectivity index (χ2v) is 8.89. The van der Waals surface area contributed by atoms with Gasteiger partial charge in [-0.2, -0.15) is 0 Å². The van der Waals surface area contributed by atoms with Crippen molar-refractivity contribution in [1.82, 2.24) is 19.8 Å². The van der Waals surface area contributed by atoms with Crippen LogP contribution in [0.15, 0.2) is 54.7 Å². The minimum Gasteiger partial charge on any atom is -0.469 e. The standard InChI is InChI=1S/C26H30N4O2S/c1-17-9-7-10-20(15-17)30-18(2)16-21(19(30)3)25-24(22-11-5-6-13-27-22)28-26(33)29(25)14-8-12-23(31)32-4/h5-7,9-11,13,15-16,24-25H,8,12,14H2,1-4H3,(H,28,33)/t24-,25+/m1/s1. The third-order valence-corrected chi connectivity index (χ3v) is 6.61. The Morgan fingerprint density at radius 3 is 2.67 bits per heavy atom. The number of aryl methyl sites for hydroxylation is 2. The summed E-state index contributed by atoms with van der Waals surface area (Å²) in [7, 11) is 1.42. The lowest BCUT2D eigenvalue weighted by Crippen LogP contribution is -2.31. The molecule has 2 atom stereocenters. The van der Waals surface area contributed by atoms with Crippen LogP contribution in [0.3, 0.4) is 0 Å². The van der Waals surface area contributed by atoms with E-state index in [2.05, 4.69) is 70.9 Å². The molecule has 0 aliphatic carbocycles. The molecule has 1 N–H and O–H groups in total. The van der Waals surface area contributed by atoms with Crippen molar-refractivity contribution < 1.29 is 9.53 Å². The van der Waals surface area contributed by atoms with Crippen LogP contribution in [-0.4, -0.2) is 39.2 Å². The van der Waals surface area contributed by atoms with E-state index >= 15 is 0 Å². The molecule has 1 aliphatic rings. The zero-order valence-corrected chi connectivity index (χ0v) is 20.4. The molecule has 7 heteroatoms. The smallest absolute Gasteiger partial charge is 0.305 e. The van der Waals surface area contributed by atoms with Crippen molar-refractivity contribution >= 4 is 23.3 Å². The Labute approximate surface area is 200 Å². The van der Waals surface area contributed by atoms with Gasteiger partial charge in [0.2, 0.25) is 0 Å². The molecule has 1 aliphatic heterocycles.